The van der Waals surface area contributed by atoms with Crippen LogP contribution in [0.25, 0.3) is 0 Å². The Labute approximate surface area is 138 Å². The molecule has 0 aliphatic carbocycles. The highest BCUT2D eigenvalue weighted by Gasteiger charge is 2.14. The molecule has 6 heteroatoms. The Kier molecular flexibility index (Phi) is 5.49. The van der Waals surface area contributed by atoms with Gasteiger partial charge >= 0.3 is 0 Å². The van der Waals surface area contributed by atoms with E-state index in [1.807, 2.05) is 39.0 Å². The number of anilines is 2. The molecule has 1 aromatic carbocycles. The Balaban J connectivity index is 2.11. The number of nitrogens with zero attached hydrogens (tertiary/aromatic N) is 3. The molecule has 1 aromatic heterocycles. The molecule has 0 saturated heterocycles. The minimum atomic E-state index is -0.0939. The van der Waals surface area contributed by atoms with Crippen LogP contribution in [0, 0.1) is 6.92 Å². The average Bonchev–Trinajstić information content (AvgIpc) is 2.53. The minimum absolute atomic E-state index is 0.0939. The van der Waals surface area contributed by atoms with Crippen molar-refractivity contribution in [2.75, 3.05) is 18.4 Å². The lowest BCUT2D eigenvalue weighted by Crippen LogP contribution is -2.31. The summed E-state index contributed by atoms with van der Waals surface area (Å²) in [7, 11) is 0. The molecule has 0 atom stereocenters. The lowest BCUT2D eigenvalue weighted by Gasteiger charge is -2.17. The van der Waals surface area contributed by atoms with Gasteiger partial charge in [0.15, 0.2) is 0 Å². The average molecular weight is 363 g/mol. The number of aryl methyl sites for hydroxylation is 1. The van der Waals surface area contributed by atoms with Gasteiger partial charge in [0, 0.05) is 23.2 Å². The first-order valence-electron chi connectivity index (χ1n) is 7.19. The van der Waals surface area contributed by atoms with Gasteiger partial charge in [-0.2, -0.15) is 0 Å². The van der Waals surface area contributed by atoms with Crippen LogP contribution in [0.2, 0.25) is 0 Å². The van der Waals surface area contributed by atoms with Crippen molar-refractivity contribution in [3.05, 3.63) is 46.3 Å². The van der Waals surface area contributed by atoms with Crippen molar-refractivity contribution in [2.24, 2.45) is 0 Å². The molecule has 2 aromatic rings. The van der Waals surface area contributed by atoms with E-state index in [-0.39, 0.29) is 5.91 Å². The standard InChI is InChI=1S/C16H19BrN4O/c1-4-21(5-2)16(22)14-9-19-15(10-18-14)20-12-6-7-13(17)11(3)8-12/h6-10H,4-5H2,1-3H3,(H,19,20). The zero-order valence-electron chi connectivity index (χ0n) is 12.9. The maximum atomic E-state index is 12.2. The van der Waals surface area contributed by atoms with Gasteiger partial charge in [-0.05, 0) is 44.5 Å². The summed E-state index contributed by atoms with van der Waals surface area (Å²) in [6, 6.07) is 5.94. The predicted octanol–water partition coefficient (Wildman–Crippen LogP) is 3.77. The van der Waals surface area contributed by atoms with Crippen molar-refractivity contribution < 1.29 is 4.79 Å². The molecule has 0 spiro atoms. The van der Waals surface area contributed by atoms with Crippen LogP contribution in [-0.4, -0.2) is 33.9 Å². The summed E-state index contributed by atoms with van der Waals surface area (Å²) in [4.78, 5) is 22.3. The molecule has 0 aliphatic rings. The SMILES string of the molecule is CCN(CC)C(=O)c1cnc(Nc2ccc(Br)c(C)c2)cn1. The summed E-state index contributed by atoms with van der Waals surface area (Å²) in [5, 5.41) is 3.18. The number of rotatable bonds is 5. The van der Waals surface area contributed by atoms with Crippen molar-refractivity contribution >= 4 is 33.3 Å². The largest absolute Gasteiger partial charge is 0.339 e. The van der Waals surface area contributed by atoms with Crippen molar-refractivity contribution in [1.29, 1.82) is 0 Å². The number of benzene rings is 1. The van der Waals surface area contributed by atoms with Crippen LogP contribution in [0.1, 0.15) is 29.9 Å². The molecule has 5 nitrogen and oxygen atoms in total. The van der Waals surface area contributed by atoms with Gasteiger partial charge in [0.05, 0.1) is 12.4 Å². The van der Waals surface area contributed by atoms with Crippen molar-refractivity contribution in [3.8, 4) is 0 Å². The normalized spacial score (nSPS) is 10.4. The smallest absolute Gasteiger partial charge is 0.274 e. The second-order valence-corrected chi connectivity index (χ2v) is 5.71. The molecule has 116 valence electrons. The van der Waals surface area contributed by atoms with E-state index >= 15 is 0 Å². The summed E-state index contributed by atoms with van der Waals surface area (Å²) in [5.74, 6) is 0.515. The zero-order chi connectivity index (χ0) is 16.1. The molecule has 0 radical (unpaired) electrons. The molecule has 0 saturated carbocycles. The number of hydrogen-bond donors (Lipinski definition) is 1. The van der Waals surface area contributed by atoms with E-state index in [0.717, 1.165) is 15.7 Å². The molecule has 1 N–H and O–H groups in total. The first-order chi connectivity index (χ1) is 10.5. The molecule has 0 unspecified atom stereocenters. The Bertz CT molecular complexity index is 654. The van der Waals surface area contributed by atoms with Crippen LogP contribution in [0.3, 0.4) is 0 Å². The second kappa shape index (κ2) is 7.35. The van der Waals surface area contributed by atoms with Gasteiger partial charge in [-0.1, -0.05) is 15.9 Å². The molecule has 2 rings (SSSR count). The third-order valence-electron chi connectivity index (χ3n) is 3.35. The summed E-state index contributed by atoms with van der Waals surface area (Å²) >= 11 is 3.47. The number of carbonyl (C=O) groups excluding carboxylic acids is 1. The maximum absolute atomic E-state index is 12.2. The number of aromatic nitrogens is 2. The lowest BCUT2D eigenvalue weighted by molar-refractivity contribution is 0.0766. The summed E-state index contributed by atoms with van der Waals surface area (Å²) in [6.07, 6.45) is 3.09. The van der Waals surface area contributed by atoms with Crippen LogP contribution < -0.4 is 5.32 Å². The van der Waals surface area contributed by atoms with Gasteiger partial charge in [0.1, 0.15) is 11.5 Å². The van der Waals surface area contributed by atoms with E-state index < -0.39 is 0 Å². The Morgan fingerprint density at radius 2 is 1.95 bits per heavy atom. The quantitative estimate of drug-likeness (QED) is 0.879. The molecule has 22 heavy (non-hydrogen) atoms. The van der Waals surface area contributed by atoms with E-state index in [0.29, 0.717) is 24.6 Å². The number of hydrogen-bond acceptors (Lipinski definition) is 4. The third kappa shape index (κ3) is 3.82. The van der Waals surface area contributed by atoms with Gasteiger partial charge in [-0.15, -0.1) is 0 Å². The number of carbonyl (C=O) groups is 1. The molecule has 1 amide bonds. The monoisotopic (exact) mass is 362 g/mol. The summed E-state index contributed by atoms with van der Waals surface area (Å²) in [6.45, 7) is 7.23. The number of nitrogens with one attached hydrogen (secondary N) is 1. The highest BCUT2D eigenvalue weighted by Crippen LogP contribution is 2.22. The minimum Gasteiger partial charge on any atom is -0.339 e. The van der Waals surface area contributed by atoms with E-state index in [9.17, 15) is 4.79 Å². The molecule has 0 bridgehead atoms. The van der Waals surface area contributed by atoms with E-state index in [1.165, 1.54) is 6.20 Å². The van der Waals surface area contributed by atoms with Crippen molar-refractivity contribution in [3.63, 3.8) is 0 Å². The van der Waals surface area contributed by atoms with Gasteiger partial charge < -0.3 is 10.2 Å². The van der Waals surface area contributed by atoms with Gasteiger partial charge in [0.25, 0.3) is 5.91 Å². The molecule has 1 heterocycles. The summed E-state index contributed by atoms with van der Waals surface area (Å²) in [5.41, 5.74) is 2.42. The third-order valence-corrected chi connectivity index (χ3v) is 4.24. The molecule has 0 aliphatic heterocycles. The van der Waals surface area contributed by atoms with Crippen LogP contribution in [0.5, 0.6) is 0 Å². The first-order valence-corrected chi connectivity index (χ1v) is 7.99. The van der Waals surface area contributed by atoms with E-state index in [4.69, 9.17) is 0 Å². The van der Waals surface area contributed by atoms with Crippen LogP contribution in [-0.2, 0) is 0 Å². The fourth-order valence-corrected chi connectivity index (χ4v) is 2.29. The van der Waals surface area contributed by atoms with Crippen molar-refractivity contribution in [1.82, 2.24) is 14.9 Å². The highest BCUT2D eigenvalue weighted by molar-refractivity contribution is 9.10. The Morgan fingerprint density at radius 3 is 2.50 bits per heavy atom. The van der Waals surface area contributed by atoms with Crippen LogP contribution in [0.4, 0.5) is 11.5 Å². The topological polar surface area (TPSA) is 58.1 Å². The molecular formula is C16H19BrN4O. The summed E-state index contributed by atoms with van der Waals surface area (Å²) < 4.78 is 1.06. The maximum Gasteiger partial charge on any atom is 0.274 e. The van der Waals surface area contributed by atoms with Crippen LogP contribution in [0.15, 0.2) is 35.1 Å². The fraction of sp³-hybridized carbons (Fsp3) is 0.312. The van der Waals surface area contributed by atoms with Gasteiger partial charge in [0.2, 0.25) is 0 Å². The van der Waals surface area contributed by atoms with E-state index in [2.05, 4.69) is 31.2 Å². The first kappa shape index (κ1) is 16.4. The predicted molar refractivity (Wildman–Crippen MR) is 91.4 cm³/mol. The zero-order valence-corrected chi connectivity index (χ0v) is 14.5. The second-order valence-electron chi connectivity index (χ2n) is 4.85. The van der Waals surface area contributed by atoms with Crippen LogP contribution >= 0.6 is 15.9 Å². The van der Waals surface area contributed by atoms with Gasteiger partial charge in [-0.3, -0.25) is 4.79 Å². The Morgan fingerprint density at radius 1 is 1.23 bits per heavy atom. The number of halogens is 1. The number of amides is 1. The Hall–Kier alpha value is -1.95. The van der Waals surface area contributed by atoms with Gasteiger partial charge in [-0.25, -0.2) is 9.97 Å². The van der Waals surface area contributed by atoms with Crippen molar-refractivity contribution in [2.45, 2.75) is 20.8 Å². The van der Waals surface area contributed by atoms with E-state index in [1.54, 1.807) is 11.1 Å². The fourth-order valence-electron chi connectivity index (χ4n) is 2.05. The molecular weight excluding hydrogens is 344 g/mol. The highest BCUT2D eigenvalue weighted by atomic mass is 79.9. The molecule has 0 fully saturated rings. The lowest BCUT2D eigenvalue weighted by atomic mass is 10.2.